The quantitative estimate of drug-likeness (QED) is 0.432. The second-order valence-electron chi connectivity index (χ2n) is 5.40. The summed E-state index contributed by atoms with van der Waals surface area (Å²) in [4.78, 5) is 24.8. The summed E-state index contributed by atoms with van der Waals surface area (Å²) in [6.45, 7) is -0.779. The predicted molar refractivity (Wildman–Crippen MR) is 75.5 cm³/mol. The molecule has 4 N–H and O–H groups in total. The van der Waals surface area contributed by atoms with Crippen LogP contribution in [0.4, 0.5) is 22.0 Å². The van der Waals surface area contributed by atoms with Gasteiger partial charge in [-0.1, -0.05) is 0 Å². The summed E-state index contributed by atoms with van der Waals surface area (Å²) in [6, 6.07) is 0.0533. The first-order chi connectivity index (χ1) is 11.5. The number of hydrogen-bond acceptors (Lipinski definition) is 3. The fourth-order valence-corrected chi connectivity index (χ4v) is 2.59. The zero-order valence-corrected chi connectivity index (χ0v) is 12.6. The van der Waals surface area contributed by atoms with Gasteiger partial charge in [0.2, 0.25) is 5.91 Å². The Morgan fingerprint density at radius 2 is 1.88 bits per heavy atom. The molecule has 1 aliphatic heterocycles. The lowest BCUT2D eigenvalue weighted by Gasteiger charge is -2.25. The van der Waals surface area contributed by atoms with Gasteiger partial charge in [0, 0.05) is 12.1 Å². The van der Waals surface area contributed by atoms with Gasteiger partial charge in [-0.25, -0.2) is 8.78 Å². The van der Waals surface area contributed by atoms with E-state index < -0.39 is 61.0 Å². The summed E-state index contributed by atoms with van der Waals surface area (Å²) >= 11 is 0. The summed E-state index contributed by atoms with van der Waals surface area (Å²) in [6.07, 6.45) is -6.46. The van der Waals surface area contributed by atoms with Crippen molar-refractivity contribution in [3.8, 4) is 0 Å². The second-order valence-corrected chi connectivity index (χ2v) is 5.40. The Balaban J connectivity index is 2.35. The topological polar surface area (TPSA) is 99.3 Å². The van der Waals surface area contributed by atoms with E-state index in [0.717, 1.165) is 4.90 Å². The first kappa shape index (κ1) is 18.6. The summed E-state index contributed by atoms with van der Waals surface area (Å²) in [7, 11) is 0. The highest BCUT2D eigenvalue weighted by Crippen LogP contribution is 2.38. The third-order valence-corrected chi connectivity index (χ3v) is 3.61. The number of benzene rings is 1. The number of alkyl halides is 3. The van der Waals surface area contributed by atoms with Crippen molar-refractivity contribution in [3.05, 3.63) is 34.9 Å². The minimum Gasteiger partial charge on any atom is -0.370 e. The maximum atomic E-state index is 13.5. The first-order valence-electron chi connectivity index (χ1n) is 7.00. The van der Waals surface area contributed by atoms with E-state index in [4.69, 9.17) is 11.1 Å². The third-order valence-electron chi connectivity index (χ3n) is 3.61. The number of carbonyl (C=O) groups excluding carboxylic acids is 2. The molecule has 0 aliphatic carbocycles. The van der Waals surface area contributed by atoms with E-state index in [-0.39, 0.29) is 11.1 Å². The summed E-state index contributed by atoms with van der Waals surface area (Å²) in [5.41, 5.74) is 4.60. The maximum Gasteiger partial charge on any atom is 0.390 e. The summed E-state index contributed by atoms with van der Waals surface area (Å²) in [5, 5.41) is 8.89. The second kappa shape index (κ2) is 6.65. The molecule has 0 bridgehead atoms. The highest BCUT2D eigenvalue weighted by molar-refractivity contribution is 6.01. The average molecular weight is 364 g/mol. The number of rotatable bonds is 4. The lowest BCUT2D eigenvalue weighted by molar-refractivity contribution is -0.137. The Hall–Kier alpha value is -2.72. The van der Waals surface area contributed by atoms with E-state index in [1.165, 1.54) is 0 Å². The van der Waals surface area contributed by atoms with Gasteiger partial charge < -0.3 is 10.6 Å². The largest absolute Gasteiger partial charge is 0.390 e. The Labute approximate surface area is 138 Å². The predicted octanol–water partition coefficient (Wildman–Crippen LogP) is 1.81. The van der Waals surface area contributed by atoms with Gasteiger partial charge in [0.15, 0.2) is 17.6 Å². The summed E-state index contributed by atoms with van der Waals surface area (Å²) in [5.74, 6) is -5.08. The molecule has 136 valence electrons. The molecule has 1 aromatic rings. The lowest BCUT2D eigenvalue weighted by Crippen LogP contribution is -2.39. The van der Waals surface area contributed by atoms with E-state index in [9.17, 15) is 31.5 Å². The van der Waals surface area contributed by atoms with Crippen LogP contribution in [-0.2, 0) is 4.79 Å². The molecule has 0 saturated carbocycles. The van der Waals surface area contributed by atoms with Gasteiger partial charge in [-0.2, -0.15) is 13.2 Å². The summed E-state index contributed by atoms with van der Waals surface area (Å²) < 4.78 is 64.3. The molecule has 1 aromatic carbocycles. The minimum absolute atomic E-state index is 0.0928. The number of nitrogens with two attached hydrogens (primary N) is 1. The molecule has 1 heterocycles. The first-order valence-corrected chi connectivity index (χ1v) is 7.00. The molecule has 1 atom stereocenters. The van der Waals surface area contributed by atoms with Gasteiger partial charge in [-0.3, -0.25) is 20.3 Å². The van der Waals surface area contributed by atoms with Gasteiger partial charge in [-0.15, -0.1) is 0 Å². The number of nitrogens with one attached hydrogen (secondary N) is 2. The molecular formula is C14H13F5N4O2. The molecule has 2 amide bonds. The third kappa shape index (κ3) is 4.22. The standard InChI is InChI=1S/C14H13F5N4O2/c15-8-3-6-7(4-9(8)16)12(25)23(2-1-14(17,18)19)10(6)5-11(24)22-13(20)21/h3-4,10H,1-2,5H2,(H4,20,21,22,24)/t10-/m0/s1. The van der Waals surface area contributed by atoms with Crippen LogP contribution in [0.15, 0.2) is 12.1 Å². The molecule has 6 nitrogen and oxygen atoms in total. The number of carbonyl (C=O) groups is 2. The molecule has 0 saturated heterocycles. The van der Waals surface area contributed by atoms with Gasteiger partial charge in [-0.05, 0) is 17.7 Å². The van der Waals surface area contributed by atoms with Crippen molar-refractivity contribution < 1.29 is 31.5 Å². The van der Waals surface area contributed by atoms with E-state index in [1.807, 2.05) is 5.32 Å². The molecule has 0 unspecified atom stereocenters. The van der Waals surface area contributed by atoms with Gasteiger partial charge >= 0.3 is 6.18 Å². The number of nitrogens with zero attached hydrogens (tertiary/aromatic N) is 1. The Bertz CT molecular complexity index is 735. The molecule has 25 heavy (non-hydrogen) atoms. The molecule has 0 spiro atoms. The Morgan fingerprint density at radius 3 is 2.44 bits per heavy atom. The number of amides is 2. The van der Waals surface area contributed by atoms with Crippen molar-refractivity contribution in [2.75, 3.05) is 6.54 Å². The Kier molecular flexibility index (Phi) is 4.95. The molecule has 0 radical (unpaired) electrons. The minimum atomic E-state index is -4.56. The fraction of sp³-hybridized carbons (Fsp3) is 0.357. The van der Waals surface area contributed by atoms with Crippen molar-refractivity contribution >= 4 is 17.8 Å². The van der Waals surface area contributed by atoms with Crippen LogP contribution in [0.1, 0.15) is 34.8 Å². The van der Waals surface area contributed by atoms with Gasteiger partial charge in [0.05, 0.1) is 18.9 Å². The normalized spacial score (nSPS) is 16.8. The van der Waals surface area contributed by atoms with Crippen LogP contribution >= 0.6 is 0 Å². The number of guanidine groups is 1. The van der Waals surface area contributed by atoms with E-state index in [1.54, 1.807) is 0 Å². The maximum absolute atomic E-state index is 13.5. The number of hydrogen-bond donors (Lipinski definition) is 3. The average Bonchev–Trinajstić information content (AvgIpc) is 2.68. The van der Waals surface area contributed by atoms with Crippen molar-refractivity contribution in [1.82, 2.24) is 10.2 Å². The van der Waals surface area contributed by atoms with Crippen LogP contribution in [0.2, 0.25) is 0 Å². The number of halogens is 5. The van der Waals surface area contributed by atoms with Crippen LogP contribution in [0.3, 0.4) is 0 Å². The zero-order valence-electron chi connectivity index (χ0n) is 12.6. The van der Waals surface area contributed by atoms with Crippen molar-refractivity contribution in [2.24, 2.45) is 5.73 Å². The molecular weight excluding hydrogens is 351 g/mol. The monoisotopic (exact) mass is 364 g/mol. The van der Waals surface area contributed by atoms with Crippen molar-refractivity contribution in [1.29, 1.82) is 5.41 Å². The molecule has 11 heteroatoms. The van der Waals surface area contributed by atoms with E-state index in [0.29, 0.717) is 12.1 Å². The van der Waals surface area contributed by atoms with E-state index >= 15 is 0 Å². The zero-order chi connectivity index (χ0) is 18.9. The lowest BCUT2D eigenvalue weighted by atomic mass is 10.0. The SMILES string of the molecule is N=C(N)NC(=O)C[C@H]1c2cc(F)c(F)cc2C(=O)N1CCC(F)(F)F. The van der Waals surface area contributed by atoms with Crippen LogP contribution in [-0.4, -0.2) is 35.4 Å². The van der Waals surface area contributed by atoms with E-state index in [2.05, 4.69) is 0 Å². The fourth-order valence-electron chi connectivity index (χ4n) is 2.59. The smallest absolute Gasteiger partial charge is 0.370 e. The van der Waals surface area contributed by atoms with Crippen molar-refractivity contribution in [3.63, 3.8) is 0 Å². The molecule has 0 fully saturated rings. The van der Waals surface area contributed by atoms with Crippen LogP contribution in [0.25, 0.3) is 0 Å². The van der Waals surface area contributed by atoms with Gasteiger partial charge in [0.1, 0.15) is 0 Å². The Morgan fingerprint density at radius 1 is 1.28 bits per heavy atom. The molecule has 1 aliphatic rings. The van der Waals surface area contributed by atoms with Crippen molar-refractivity contribution in [2.45, 2.75) is 25.1 Å². The van der Waals surface area contributed by atoms with Crippen LogP contribution < -0.4 is 11.1 Å². The van der Waals surface area contributed by atoms with Gasteiger partial charge in [0.25, 0.3) is 5.91 Å². The molecule has 0 aromatic heterocycles. The molecule has 2 rings (SSSR count). The highest BCUT2D eigenvalue weighted by Gasteiger charge is 2.40. The highest BCUT2D eigenvalue weighted by atomic mass is 19.4. The number of fused-ring (bicyclic) bond motifs is 1. The van der Waals surface area contributed by atoms with Crippen LogP contribution in [0.5, 0.6) is 0 Å². The van der Waals surface area contributed by atoms with Crippen LogP contribution in [0, 0.1) is 17.0 Å².